The molecule has 0 atom stereocenters. The monoisotopic (exact) mass is 358 g/mol. The normalized spacial score (nSPS) is 12.1. The highest BCUT2D eigenvalue weighted by Gasteiger charge is 2.20. The smallest absolute Gasteiger partial charge is 0.223 e. The van der Waals surface area contributed by atoms with Gasteiger partial charge in [0.05, 0.1) is 0 Å². The van der Waals surface area contributed by atoms with Gasteiger partial charge in [0.1, 0.15) is 10.3 Å². The molecule has 0 saturated carbocycles. The lowest BCUT2D eigenvalue weighted by Gasteiger charge is -1.96. The summed E-state index contributed by atoms with van der Waals surface area (Å²) in [5.41, 5.74) is 1.63. The predicted octanol–water partition coefficient (Wildman–Crippen LogP) is 1.87. The van der Waals surface area contributed by atoms with Crippen molar-refractivity contribution in [3.8, 4) is 11.3 Å². The summed E-state index contributed by atoms with van der Waals surface area (Å²) in [6.45, 7) is 0. The van der Waals surface area contributed by atoms with Gasteiger partial charge in [-0.15, -0.1) is 5.10 Å². The lowest BCUT2D eigenvalue weighted by molar-refractivity contribution is 0.595. The van der Waals surface area contributed by atoms with Gasteiger partial charge in [-0.25, -0.2) is 18.5 Å². The fraction of sp³-hybridized carbons (Fsp3) is 0. The molecule has 6 nitrogen and oxygen atoms in total. The molecule has 1 aromatic carbocycles. The van der Waals surface area contributed by atoms with Crippen molar-refractivity contribution in [3.63, 3.8) is 0 Å². The molecular weight excluding hydrogens is 352 g/mol. The Hall–Kier alpha value is -1.29. The zero-order valence-corrected chi connectivity index (χ0v) is 12.5. The van der Waals surface area contributed by atoms with E-state index in [2.05, 4.69) is 26.0 Å². The van der Waals surface area contributed by atoms with Crippen molar-refractivity contribution >= 4 is 42.3 Å². The van der Waals surface area contributed by atoms with Crippen LogP contribution in [-0.4, -0.2) is 23.0 Å². The SMILES string of the molecule is NS(=O)(=O)c1nn2c(Br)c(-c3ccccc3)nc2s1. The molecular formula is C10H7BrN4O2S2. The lowest BCUT2D eigenvalue weighted by atomic mass is 10.2. The van der Waals surface area contributed by atoms with E-state index in [9.17, 15) is 8.42 Å². The number of hydrogen-bond acceptors (Lipinski definition) is 5. The number of primary sulfonamides is 1. The summed E-state index contributed by atoms with van der Waals surface area (Å²) in [6, 6.07) is 9.54. The van der Waals surface area contributed by atoms with E-state index in [0.717, 1.165) is 16.9 Å². The molecule has 19 heavy (non-hydrogen) atoms. The summed E-state index contributed by atoms with van der Waals surface area (Å²) in [7, 11) is -3.80. The Bertz CT molecular complexity index is 854. The minimum Gasteiger partial charge on any atom is -0.223 e. The number of sulfonamides is 1. The van der Waals surface area contributed by atoms with Crippen molar-refractivity contribution in [2.45, 2.75) is 4.34 Å². The number of imidazole rings is 1. The number of hydrogen-bond donors (Lipinski definition) is 1. The van der Waals surface area contributed by atoms with Crippen LogP contribution < -0.4 is 5.14 Å². The fourth-order valence-electron chi connectivity index (χ4n) is 1.60. The Morgan fingerprint density at radius 3 is 2.53 bits per heavy atom. The third-order valence-electron chi connectivity index (χ3n) is 2.42. The fourth-order valence-corrected chi connectivity index (χ4v) is 3.80. The topological polar surface area (TPSA) is 90.4 Å². The van der Waals surface area contributed by atoms with Crippen molar-refractivity contribution in [2.75, 3.05) is 0 Å². The number of nitrogens with two attached hydrogens (primary N) is 1. The van der Waals surface area contributed by atoms with Crippen LogP contribution in [0.1, 0.15) is 0 Å². The Labute approximate surface area is 121 Å². The highest BCUT2D eigenvalue weighted by atomic mass is 79.9. The van der Waals surface area contributed by atoms with Gasteiger partial charge in [0.2, 0.25) is 9.30 Å². The van der Waals surface area contributed by atoms with E-state index >= 15 is 0 Å². The molecule has 2 N–H and O–H groups in total. The summed E-state index contributed by atoms with van der Waals surface area (Å²) in [5, 5.41) is 8.99. The Balaban J connectivity index is 2.21. The van der Waals surface area contributed by atoms with E-state index in [1.807, 2.05) is 30.3 Å². The summed E-state index contributed by atoms with van der Waals surface area (Å²) in [6.07, 6.45) is 0. The van der Waals surface area contributed by atoms with Crippen LogP contribution in [0.5, 0.6) is 0 Å². The molecule has 0 aliphatic heterocycles. The molecule has 0 aliphatic carbocycles. The van der Waals surface area contributed by atoms with Crippen molar-refractivity contribution in [1.82, 2.24) is 14.6 Å². The standard InChI is InChI=1S/C10H7BrN4O2S2/c11-8-7(6-4-2-1-3-5-6)13-9-15(8)14-10(18-9)19(12,16)17/h1-5H,(H2,12,16,17). The van der Waals surface area contributed by atoms with Gasteiger partial charge in [0.15, 0.2) is 0 Å². The van der Waals surface area contributed by atoms with E-state index in [0.29, 0.717) is 15.3 Å². The van der Waals surface area contributed by atoms with Crippen LogP contribution in [0.4, 0.5) is 0 Å². The van der Waals surface area contributed by atoms with Gasteiger partial charge >= 0.3 is 0 Å². The first-order valence-electron chi connectivity index (χ1n) is 5.10. The molecule has 2 heterocycles. The highest BCUT2D eigenvalue weighted by molar-refractivity contribution is 9.10. The molecule has 98 valence electrons. The van der Waals surface area contributed by atoms with E-state index in [-0.39, 0.29) is 4.34 Å². The lowest BCUT2D eigenvalue weighted by Crippen LogP contribution is -2.12. The summed E-state index contributed by atoms with van der Waals surface area (Å²) in [5.74, 6) is 0. The molecule has 3 aromatic rings. The molecule has 0 saturated heterocycles. The predicted molar refractivity (Wildman–Crippen MR) is 75.4 cm³/mol. The number of rotatable bonds is 2. The molecule has 0 amide bonds. The largest absolute Gasteiger partial charge is 0.267 e. The molecule has 2 aromatic heterocycles. The van der Waals surface area contributed by atoms with Gasteiger partial charge < -0.3 is 0 Å². The van der Waals surface area contributed by atoms with Gasteiger partial charge in [-0.05, 0) is 15.9 Å². The first-order valence-corrected chi connectivity index (χ1v) is 8.25. The minimum atomic E-state index is -3.80. The third-order valence-corrected chi connectivity index (χ3v) is 5.35. The summed E-state index contributed by atoms with van der Waals surface area (Å²) in [4.78, 5) is 4.84. The first-order chi connectivity index (χ1) is 8.97. The number of halogens is 1. The van der Waals surface area contributed by atoms with Crippen molar-refractivity contribution < 1.29 is 8.42 Å². The van der Waals surface area contributed by atoms with Crippen LogP contribution >= 0.6 is 27.3 Å². The molecule has 9 heteroatoms. The Morgan fingerprint density at radius 1 is 1.26 bits per heavy atom. The quantitative estimate of drug-likeness (QED) is 0.756. The van der Waals surface area contributed by atoms with Crippen molar-refractivity contribution in [2.24, 2.45) is 5.14 Å². The molecule has 0 radical (unpaired) electrons. The van der Waals surface area contributed by atoms with Crippen LogP contribution in [0.3, 0.4) is 0 Å². The minimum absolute atomic E-state index is 0.157. The summed E-state index contributed by atoms with van der Waals surface area (Å²) >= 11 is 4.31. The molecule has 0 fully saturated rings. The second-order valence-electron chi connectivity index (χ2n) is 3.72. The first kappa shape index (κ1) is 12.7. The van der Waals surface area contributed by atoms with Gasteiger partial charge in [-0.1, -0.05) is 41.7 Å². The van der Waals surface area contributed by atoms with Gasteiger partial charge in [-0.3, -0.25) is 0 Å². The van der Waals surface area contributed by atoms with Crippen LogP contribution in [0.15, 0.2) is 39.3 Å². The molecule has 3 rings (SSSR count). The summed E-state index contributed by atoms with van der Waals surface area (Å²) < 4.78 is 24.3. The number of benzene rings is 1. The van der Waals surface area contributed by atoms with E-state index < -0.39 is 10.0 Å². The zero-order valence-electron chi connectivity index (χ0n) is 9.32. The van der Waals surface area contributed by atoms with Gasteiger partial charge in [0.25, 0.3) is 10.0 Å². The Morgan fingerprint density at radius 2 is 1.95 bits per heavy atom. The van der Waals surface area contributed by atoms with Crippen LogP contribution in [0.2, 0.25) is 0 Å². The zero-order chi connectivity index (χ0) is 13.6. The van der Waals surface area contributed by atoms with Crippen LogP contribution in [0, 0.1) is 0 Å². The van der Waals surface area contributed by atoms with E-state index in [4.69, 9.17) is 5.14 Å². The molecule has 0 spiro atoms. The maximum absolute atomic E-state index is 11.2. The molecule has 0 aliphatic rings. The molecule has 0 bridgehead atoms. The number of aromatic nitrogens is 3. The van der Waals surface area contributed by atoms with E-state index in [1.54, 1.807) is 0 Å². The average Bonchev–Trinajstić information content (AvgIpc) is 2.90. The van der Waals surface area contributed by atoms with Crippen molar-refractivity contribution in [1.29, 1.82) is 0 Å². The highest BCUT2D eigenvalue weighted by Crippen LogP contribution is 2.31. The van der Waals surface area contributed by atoms with Crippen LogP contribution in [0.25, 0.3) is 16.2 Å². The maximum Gasteiger partial charge on any atom is 0.267 e. The van der Waals surface area contributed by atoms with Crippen LogP contribution in [-0.2, 0) is 10.0 Å². The Kier molecular flexibility index (Phi) is 2.93. The number of fused-ring (bicyclic) bond motifs is 1. The second-order valence-corrected chi connectivity index (χ2v) is 7.17. The third kappa shape index (κ3) is 2.18. The maximum atomic E-state index is 11.2. The van der Waals surface area contributed by atoms with E-state index in [1.165, 1.54) is 4.52 Å². The second kappa shape index (κ2) is 4.37. The average molecular weight is 359 g/mol. The molecule has 0 unspecified atom stereocenters. The number of nitrogens with zero attached hydrogens (tertiary/aromatic N) is 3. The van der Waals surface area contributed by atoms with Gasteiger partial charge in [-0.2, -0.15) is 4.52 Å². The van der Waals surface area contributed by atoms with Crippen molar-refractivity contribution in [3.05, 3.63) is 34.9 Å². The van der Waals surface area contributed by atoms with Gasteiger partial charge in [0, 0.05) is 5.56 Å².